The van der Waals surface area contributed by atoms with Crippen LogP contribution < -0.4 is 23.5 Å². The average molecular weight is 465 g/mol. The molecule has 2 heterocycles. The van der Waals surface area contributed by atoms with E-state index in [2.05, 4.69) is 42.0 Å². The van der Waals surface area contributed by atoms with Gasteiger partial charge in [-0.1, -0.05) is 45.4 Å². The zero-order valence-corrected chi connectivity index (χ0v) is 21.1. The van der Waals surface area contributed by atoms with Gasteiger partial charge in [-0.05, 0) is 41.6 Å². The van der Waals surface area contributed by atoms with Crippen molar-refractivity contribution in [2.45, 2.75) is 64.8 Å². The molecule has 0 aliphatic carbocycles. The zero-order chi connectivity index (χ0) is 23.9. The summed E-state index contributed by atoms with van der Waals surface area (Å²) < 4.78 is 25.4. The van der Waals surface area contributed by atoms with Crippen LogP contribution in [-0.4, -0.2) is 27.9 Å². The normalized spacial score (nSPS) is 12.2. The van der Waals surface area contributed by atoms with Gasteiger partial charge in [0.1, 0.15) is 0 Å². The highest BCUT2D eigenvalue weighted by atomic mass is 16.5. The fourth-order valence-electron chi connectivity index (χ4n) is 4.88. The van der Waals surface area contributed by atoms with E-state index in [1.54, 1.807) is 21.3 Å². The number of ether oxygens (including phenoxy) is 4. The van der Waals surface area contributed by atoms with Crippen LogP contribution in [0.2, 0.25) is 0 Å². The van der Waals surface area contributed by atoms with Crippen LogP contribution in [0.1, 0.15) is 57.4 Å². The van der Waals surface area contributed by atoms with Crippen LogP contribution in [-0.2, 0) is 13.0 Å². The summed E-state index contributed by atoms with van der Waals surface area (Å²) in [6.45, 7) is 3.88. The largest absolute Gasteiger partial charge is 0.493 e. The molecule has 4 rings (SSSR count). The molecule has 3 aromatic rings. The lowest BCUT2D eigenvalue weighted by molar-refractivity contribution is -0.686. The summed E-state index contributed by atoms with van der Waals surface area (Å²) >= 11 is 0. The Balaban J connectivity index is 1.59. The van der Waals surface area contributed by atoms with Crippen molar-refractivity contribution in [1.82, 2.24) is 0 Å². The molecule has 5 nitrogen and oxygen atoms in total. The fraction of sp³-hybridized carbons (Fsp3) is 0.483. The van der Waals surface area contributed by atoms with E-state index in [0.717, 1.165) is 53.2 Å². The predicted octanol–water partition coefficient (Wildman–Crippen LogP) is 6.51. The molecular weight excluding hydrogens is 426 g/mol. The van der Waals surface area contributed by atoms with Gasteiger partial charge in [0.15, 0.2) is 35.7 Å². The first-order chi connectivity index (χ1) is 16.7. The third-order valence-corrected chi connectivity index (χ3v) is 6.80. The Morgan fingerprint density at radius 2 is 1.50 bits per heavy atom. The van der Waals surface area contributed by atoms with Gasteiger partial charge in [0.25, 0.3) is 0 Å². The molecule has 0 saturated carbocycles. The molecule has 5 heteroatoms. The van der Waals surface area contributed by atoms with Gasteiger partial charge < -0.3 is 18.9 Å². The van der Waals surface area contributed by atoms with Gasteiger partial charge in [-0.25, -0.2) is 0 Å². The number of rotatable bonds is 12. The highest BCUT2D eigenvalue weighted by Gasteiger charge is 2.27. The van der Waals surface area contributed by atoms with Crippen molar-refractivity contribution in [1.29, 1.82) is 0 Å². The van der Waals surface area contributed by atoms with Crippen molar-refractivity contribution in [2.24, 2.45) is 0 Å². The highest BCUT2D eigenvalue weighted by molar-refractivity contribution is 5.91. The summed E-state index contributed by atoms with van der Waals surface area (Å²) in [5.41, 5.74) is 3.64. The number of nitrogens with zero attached hydrogens (tertiary/aromatic N) is 1. The van der Waals surface area contributed by atoms with Crippen LogP contribution in [0.3, 0.4) is 0 Å². The van der Waals surface area contributed by atoms with Crippen molar-refractivity contribution >= 4 is 10.8 Å². The molecule has 0 atom stereocenters. The Bertz CT molecular complexity index is 1130. The maximum Gasteiger partial charge on any atom is 0.213 e. The van der Waals surface area contributed by atoms with E-state index in [1.165, 1.54) is 55.3 Å². The Hall–Kier alpha value is -2.95. The number of pyridine rings is 1. The first-order valence-electron chi connectivity index (χ1n) is 12.6. The monoisotopic (exact) mass is 464 g/mol. The van der Waals surface area contributed by atoms with Crippen LogP contribution in [0.5, 0.6) is 23.0 Å². The van der Waals surface area contributed by atoms with Crippen LogP contribution in [0.25, 0.3) is 22.0 Å². The van der Waals surface area contributed by atoms with E-state index in [9.17, 15) is 0 Å². The van der Waals surface area contributed by atoms with Crippen LogP contribution in [0.15, 0.2) is 36.5 Å². The first-order valence-corrected chi connectivity index (χ1v) is 12.6. The van der Waals surface area contributed by atoms with E-state index in [-0.39, 0.29) is 0 Å². The SMILES string of the molecule is CCCCCCCCCOc1c(OC)ccc2cc3[n+](cc12)CCc1cc(OC)c(OC)cc1-3. The average Bonchev–Trinajstić information content (AvgIpc) is 2.88. The molecule has 0 saturated heterocycles. The minimum Gasteiger partial charge on any atom is -0.493 e. The van der Waals surface area contributed by atoms with Crippen molar-refractivity contribution in [3.8, 4) is 34.3 Å². The van der Waals surface area contributed by atoms with Crippen molar-refractivity contribution in [2.75, 3.05) is 27.9 Å². The Labute approximate surface area is 203 Å². The van der Waals surface area contributed by atoms with Gasteiger partial charge in [-0.3, -0.25) is 0 Å². The molecule has 0 radical (unpaired) electrons. The molecule has 1 aliphatic rings. The summed E-state index contributed by atoms with van der Waals surface area (Å²) in [6, 6.07) is 10.6. The molecule has 0 amide bonds. The molecule has 0 N–H and O–H groups in total. The number of methoxy groups -OCH3 is 3. The van der Waals surface area contributed by atoms with Gasteiger partial charge >= 0.3 is 0 Å². The third-order valence-electron chi connectivity index (χ3n) is 6.80. The van der Waals surface area contributed by atoms with E-state index in [0.29, 0.717) is 6.61 Å². The van der Waals surface area contributed by atoms with Gasteiger partial charge in [-0.15, -0.1) is 0 Å². The molecular formula is C29H38NO4+. The van der Waals surface area contributed by atoms with Gasteiger partial charge in [0, 0.05) is 12.5 Å². The maximum absolute atomic E-state index is 6.32. The Kier molecular flexibility index (Phi) is 8.15. The van der Waals surface area contributed by atoms with Crippen molar-refractivity contribution in [3.05, 3.63) is 42.1 Å². The number of benzene rings is 2. The number of hydrogen-bond donors (Lipinski definition) is 0. The molecule has 1 aromatic heterocycles. The van der Waals surface area contributed by atoms with Crippen LogP contribution in [0.4, 0.5) is 0 Å². The van der Waals surface area contributed by atoms with E-state index in [4.69, 9.17) is 18.9 Å². The molecule has 0 fully saturated rings. The minimum atomic E-state index is 0.713. The highest BCUT2D eigenvalue weighted by Crippen LogP contribution is 2.40. The maximum atomic E-state index is 6.32. The van der Waals surface area contributed by atoms with E-state index >= 15 is 0 Å². The number of aryl methyl sites for hydroxylation is 2. The fourth-order valence-corrected chi connectivity index (χ4v) is 4.88. The van der Waals surface area contributed by atoms with Crippen molar-refractivity contribution in [3.63, 3.8) is 0 Å². The van der Waals surface area contributed by atoms with Gasteiger partial charge in [0.2, 0.25) is 5.69 Å². The molecule has 0 unspecified atom stereocenters. The number of aromatic nitrogens is 1. The molecule has 1 aliphatic heterocycles. The number of unbranched alkanes of at least 4 members (excludes halogenated alkanes) is 6. The number of hydrogen-bond acceptors (Lipinski definition) is 4. The lowest BCUT2D eigenvalue weighted by atomic mass is 9.95. The lowest BCUT2D eigenvalue weighted by Gasteiger charge is -2.19. The summed E-state index contributed by atoms with van der Waals surface area (Å²) in [5, 5.41) is 2.24. The quantitative estimate of drug-likeness (QED) is 0.226. The number of fused-ring (bicyclic) bond motifs is 4. The minimum absolute atomic E-state index is 0.713. The Morgan fingerprint density at radius 3 is 2.24 bits per heavy atom. The predicted molar refractivity (Wildman–Crippen MR) is 136 cm³/mol. The molecule has 0 spiro atoms. The second-order valence-electron chi connectivity index (χ2n) is 9.04. The second-order valence-corrected chi connectivity index (χ2v) is 9.04. The summed E-state index contributed by atoms with van der Waals surface area (Å²) in [6.07, 6.45) is 12.0. The summed E-state index contributed by atoms with van der Waals surface area (Å²) in [7, 11) is 5.08. The van der Waals surface area contributed by atoms with Gasteiger partial charge in [-0.2, -0.15) is 4.57 Å². The standard InChI is InChI=1S/C29H38NO4/c1-5-6-7-8-9-10-11-16-34-29-24-20-30-15-14-22-18-27(32-3)28(33-4)19-23(22)25(30)17-21(24)12-13-26(29)31-2/h12-13,17-20H,5-11,14-16H2,1-4H3/q+1. The summed E-state index contributed by atoms with van der Waals surface area (Å²) in [5.74, 6) is 3.17. The second kappa shape index (κ2) is 11.5. The lowest BCUT2D eigenvalue weighted by Crippen LogP contribution is -2.40. The van der Waals surface area contributed by atoms with E-state index in [1.807, 2.05) is 6.07 Å². The van der Waals surface area contributed by atoms with Crippen LogP contribution >= 0.6 is 0 Å². The third kappa shape index (κ3) is 5.08. The molecule has 0 bridgehead atoms. The summed E-state index contributed by atoms with van der Waals surface area (Å²) in [4.78, 5) is 0. The molecule has 182 valence electrons. The van der Waals surface area contributed by atoms with Crippen molar-refractivity contribution < 1.29 is 23.5 Å². The van der Waals surface area contributed by atoms with E-state index < -0.39 is 0 Å². The Morgan fingerprint density at radius 1 is 0.794 bits per heavy atom. The van der Waals surface area contributed by atoms with Gasteiger partial charge in [0.05, 0.1) is 38.9 Å². The topological polar surface area (TPSA) is 40.8 Å². The zero-order valence-electron chi connectivity index (χ0n) is 21.1. The smallest absolute Gasteiger partial charge is 0.213 e. The van der Waals surface area contributed by atoms with Crippen LogP contribution in [0, 0.1) is 0 Å². The molecule has 2 aromatic carbocycles. The first kappa shape index (κ1) is 24.2. The molecule has 34 heavy (non-hydrogen) atoms.